The number of nitrogens with zero attached hydrogens (tertiary/aromatic N) is 3. The molecule has 2 aliphatic rings. The molecule has 0 atom stereocenters. The average Bonchev–Trinajstić information content (AvgIpc) is 3.71. The van der Waals surface area contributed by atoms with Crippen LogP contribution in [0.5, 0.6) is 0 Å². The molecule has 2 aromatic carbocycles. The number of carbonyl (C=O) groups is 1. The number of halogens is 1. The molecule has 2 aliphatic carbocycles. The van der Waals surface area contributed by atoms with Gasteiger partial charge < -0.3 is 5.32 Å². The van der Waals surface area contributed by atoms with E-state index in [2.05, 4.69) is 10.3 Å². The number of fused-ring (bicyclic) bond motifs is 1. The van der Waals surface area contributed by atoms with E-state index in [4.69, 9.17) is 11.6 Å². The van der Waals surface area contributed by atoms with E-state index in [0.717, 1.165) is 72.1 Å². The van der Waals surface area contributed by atoms with Gasteiger partial charge in [-0.2, -0.15) is 0 Å². The summed E-state index contributed by atoms with van der Waals surface area (Å²) in [5.74, 6) is 0.859. The number of carbonyl (C=O) groups excluding carboxylic acids is 1. The molecule has 0 unspecified atom stereocenters. The lowest BCUT2D eigenvalue weighted by Crippen LogP contribution is -2.39. The van der Waals surface area contributed by atoms with Crippen LogP contribution in [0.4, 0.5) is 0 Å². The van der Waals surface area contributed by atoms with Crippen LogP contribution >= 0.6 is 11.6 Å². The SMILES string of the molecule is Cc1ccc(-n2c(=O)n(C[C@H]3CC[C@H](NC(=O)c4cc(Cl)ccc4C4CC4)CC3)c3ccccc32)cn1. The maximum absolute atomic E-state index is 13.6. The highest BCUT2D eigenvalue weighted by Gasteiger charge is 2.30. The van der Waals surface area contributed by atoms with Crippen molar-refractivity contribution in [3.8, 4) is 5.69 Å². The van der Waals surface area contributed by atoms with Crippen molar-refractivity contribution in [2.45, 2.75) is 64.0 Å². The molecule has 0 bridgehead atoms. The Hall–Kier alpha value is -3.38. The first-order chi connectivity index (χ1) is 18.0. The lowest BCUT2D eigenvalue weighted by molar-refractivity contribution is 0.0919. The quantitative estimate of drug-likeness (QED) is 0.342. The molecule has 6 rings (SSSR count). The van der Waals surface area contributed by atoms with Gasteiger partial charge in [-0.1, -0.05) is 29.8 Å². The van der Waals surface area contributed by atoms with E-state index < -0.39 is 0 Å². The fraction of sp³-hybridized carbons (Fsp3) is 0.367. The van der Waals surface area contributed by atoms with Gasteiger partial charge in [0.2, 0.25) is 0 Å². The van der Waals surface area contributed by atoms with Crippen molar-refractivity contribution in [3.63, 3.8) is 0 Å². The molecule has 2 aromatic heterocycles. The summed E-state index contributed by atoms with van der Waals surface area (Å²) in [4.78, 5) is 31.1. The third-order valence-corrected chi connectivity index (χ3v) is 8.12. The van der Waals surface area contributed by atoms with Gasteiger partial charge in [0.25, 0.3) is 5.91 Å². The minimum atomic E-state index is -0.0316. The number of hydrogen-bond acceptors (Lipinski definition) is 3. The van der Waals surface area contributed by atoms with Crippen LogP contribution in [0.1, 0.15) is 66.1 Å². The molecule has 2 heterocycles. The molecular weight excluding hydrogens is 484 g/mol. The van der Waals surface area contributed by atoms with Gasteiger partial charge in [-0.15, -0.1) is 0 Å². The van der Waals surface area contributed by atoms with Crippen LogP contribution in [0.25, 0.3) is 16.7 Å². The zero-order valence-electron chi connectivity index (χ0n) is 21.0. The number of amides is 1. The van der Waals surface area contributed by atoms with Crippen LogP contribution < -0.4 is 11.0 Å². The summed E-state index contributed by atoms with van der Waals surface area (Å²) in [6, 6.07) is 17.7. The lowest BCUT2D eigenvalue weighted by atomic mass is 9.85. The summed E-state index contributed by atoms with van der Waals surface area (Å²) < 4.78 is 3.67. The van der Waals surface area contributed by atoms with Crippen LogP contribution in [-0.2, 0) is 6.54 Å². The van der Waals surface area contributed by atoms with Crippen LogP contribution in [0.15, 0.2) is 65.6 Å². The number of pyridine rings is 1. The van der Waals surface area contributed by atoms with Crippen molar-refractivity contribution in [1.82, 2.24) is 19.4 Å². The number of hydrogen-bond donors (Lipinski definition) is 1. The van der Waals surface area contributed by atoms with Crippen molar-refractivity contribution >= 4 is 28.5 Å². The normalized spacial score (nSPS) is 19.7. The second-order valence-electron chi connectivity index (χ2n) is 10.6. The molecule has 7 heteroatoms. The number of rotatable bonds is 6. The van der Waals surface area contributed by atoms with Gasteiger partial charge in [-0.25, -0.2) is 4.79 Å². The molecular formula is C30H31ClN4O2. The molecule has 6 nitrogen and oxygen atoms in total. The Bertz CT molecular complexity index is 1510. The lowest BCUT2D eigenvalue weighted by Gasteiger charge is -2.29. The smallest absolute Gasteiger partial charge is 0.333 e. The largest absolute Gasteiger partial charge is 0.349 e. The van der Waals surface area contributed by atoms with Gasteiger partial charge in [-0.05, 0) is 99.2 Å². The van der Waals surface area contributed by atoms with E-state index in [-0.39, 0.29) is 17.6 Å². The van der Waals surface area contributed by atoms with Crippen LogP contribution in [0.2, 0.25) is 5.02 Å². The van der Waals surface area contributed by atoms with Gasteiger partial charge in [0.05, 0.1) is 22.9 Å². The minimum absolute atomic E-state index is 0.0150. The highest BCUT2D eigenvalue weighted by atomic mass is 35.5. The van der Waals surface area contributed by atoms with E-state index in [9.17, 15) is 9.59 Å². The Kier molecular flexibility index (Phi) is 6.37. The summed E-state index contributed by atoms with van der Waals surface area (Å²) in [7, 11) is 0. The molecule has 0 saturated heterocycles. The Morgan fingerprint density at radius 3 is 2.46 bits per heavy atom. The molecule has 0 spiro atoms. The summed E-state index contributed by atoms with van der Waals surface area (Å²) in [5, 5.41) is 3.87. The Morgan fingerprint density at radius 1 is 1.00 bits per heavy atom. The number of aryl methyl sites for hydroxylation is 1. The first-order valence-electron chi connectivity index (χ1n) is 13.2. The van der Waals surface area contributed by atoms with E-state index in [1.165, 1.54) is 0 Å². The standard InChI is InChI=1S/C30H31ClN4O2/c1-19-6-14-24(17-32-19)35-28-5-3-2-4-27(28)34(30(35)37)18-20-7-12-23(13-8-20)33-29(36)26-16-22(31)11-15-25(26)21-9-10-21/h2-6,11,14-17,20-21,23H,7-10,12-13,18H2,1H3,(H,33,36)/t20-,23-. The molecule has 2 saturated carbocycles. The number of benzene rings is 2. The number of imidazole rings is 1. The van der Waals surface area contributed by atoms with Crippen LogP contribution in [0, 0.1) is 12.8 Å². The summed E-state index contributed by atoms with van der Waals surface area (Å²) in [5.41, 5.74) is 5.35. The third kappa shape index (κ3) is 4.82. The third-order valence-electron chi connectivity index (χ3n) is 7.89. The average molecular weight is 515 g/mol. The van der Waals surface area contributed by atoms with Crippen molar-refractivity contribution in [2.24, 2.45) is 5.92 Å². The topological polar surface area (TPSA) is 68.9 Å². The predicted octanol–water partition coefficient (Wildman–Crippen LogP) is 6.02. The van der Waals surface area contributed by atoms with E-state index in [1.807, 2.05) is 66.1 Å². The van der Waals surface area contributed by atoms with Crippen LogP contribution in [-0.4, -0.2) is 26.1 Å². The van der Waals surface area contributed by atoms with E-state index >= 15 is 0 Å². The molecule has 1 N–H and O–H groups in total. The minimum Gasteiger partial charge on any atom is -0.349 e. The molecule has 2 fully saturated rings. The first kappa shape index (κ1) is 24.0. The fourth-order valence-electron chi connectivity index (χ4n) is 5.71. The van der Waals surface area contributed by atoms with Gasteiger partial charge >= 0.3 is 5.69 Å². The molecule has 0 radical (unpaired) electrons. The van der Waals surface area contributed by atoms with Crippen molar-refractivity contribution in [2.75, 3.05) is 0 Å². The number of para-hydroxylation sites is 2. The number of aromatic nitrogens is 3. The Labute approximate surface area is 221 Å². The van der Waals surface area contributed by atoms with Gasteiger partial charge in [-0.3, -0.25) is 18.9 Å². The highest BCUT2D eigenvalue weighted by molar-refractivity contribution is 6.31. The summed E-state index contributed by atoms with van der Waals surface area (Å²) in [6.45, 7) is 2.61. The summed E-state index contributed by atoms with van der Waals surface area (Å²) in [6.07, 6.45) is 7.79. The van der Waals surface area contributed by atoms with E-state index in [0.29, 0.717) is 23.4 Å². The monoisotopic (exact) mass is 514 g/mol. The predicted molar refractivity (Wildman–Crippen MR) is 147 cm³/mol. The van der Waals surface area contributed by atoms with Crippen molar-refractivity contribution < 1.29 is 4.79 Å². The van der Waals surface area contributed by atoms with Crippen molar-refractivity contribution in [1.29, 1.82) is 0 Å². The molecule has 190 valence electrons. The van der Waals surface area contributed by atoms with E-state index in [1.54, 1.807) is 10.8 Å². The summed E-state index contributed by atoms with van der Waals surface area (Å²) >= 11 is 6.21. The first-order valence-corrected chi connectivity index (χ1v) is 13.6. The van der Waals surface area contributed by atoms with Crippen LogP contribution in [0.3, 0.4) is 0 Å². The Balaban J connectivity index is 1.16. The zero-order valence-corrected chi connectivity index (χ0v) is 21.7. The highest BCUT2D eigenvalue weighted by Crippen LogP contribution is 2.42. The maximum Gasteiger partial charge on any atom is 0.333 e. The second-order valence-corrected chi connectivity index (χ2v) is 11.0. The maximum atomic E-state index is 13.6. The molecule has 0 aliphatic heterocycles. The molecule has 1 amide bonds. The van der Waals surface area contributed by atoms with Gasteiger partial charge in [0.1, 0.15) is 0 Å². The molecule has 4 aromatic rings. The van der Waals surface area contributed by atoms with Crippen molar-refractivity contribution in [3.05, 3.63) is 93.1 Å². The number of nitrogens with one attached hydrogen (secondary N) is 1. The Morgan fingerprint density at radius 2 is 1.76 bits per heavy atom. The molecule has 37 heavy (non-hydrogen) atoms. The fourth-order valence-corrected chi connectivity index (χ4v) is 5.88. The zero-order chi connectivity index (χ0) is 25.5. The second kappa shape index (κ2) is 9.82. The van der Waals surface area contributed by atoms with Gasteiger partial charge in [0.15, 0.2) is 0 Å². The van der Waals surface area contributed by atoms with Gasteiger partial charge in [0, 0.05) is 28.9 Å².